The minimum absolute atomic E-state index is 0.336. The molecule has 0 amide bonds. The van der Waals surface area contributed by atoms with E-state index < -0.39 is 0 Å². The van der Waals surface area contributed by atoms with E-state index in [0.29, 0.717) is 12.2 Å². The monoisotopic (exact) mass is 266 g/mol. The van der Waals surface area contributed by atoms with E-state index in [-0.39, 0.29) is 0 Å². The van der Waals surface area contributed by atoms with E-state index in [9.17, 15) is 5.11 Å². The molecule has 0 aliphatic rings. The van der Waals surface area contributed by atoms with E-state index in [1.54, 1.807) is 6.07 Å². The fraction of sp³-hybridized carbons (Fsp3) is 0.235. The number of hydrogen-bond acceptors (Lipinski definition) is 2. The van der Waals surface area contributed by atoms with Crippen LogP contribution in [0.4, 0.5) is 0 Å². The second-order valence-corrected chi connectivity index (χ2v) is 4.97. The van der Waals surface area contributed by atoms with Crippen molar-refractivity contribution in [3.05, 3.63) is 59.9 Å². The van der Waals surface area contributed by atoms with E-state index >= 15 is 0 Å². The van der Waals surface area contributed by atoms with Crippen molar-refractivity contribution >= 4 is 11.0 Å². The van der Waals surface area contributed by atoms with Gasteiger partial charge >= 0.3 is 0 Å². The highest BCUT2D eigenvalue weighted by Crippen LogP contribution is 2.23. The Morgan fingerprint density at radius 3 is 2.60 bits per heavy atom. The Bertz CT molecular complexity index is 731. The Labute approximate surface area is 118 Å². The first-order valence-electron chi connectivity index (χ1n) is 7.00. The smallest absolute Gasteiger partial charge is 0.119 e. The average molecular weight is 266 g/mol. The molecule has 0 aliphatic carbocycles. The number of nitrogens with zero attached hydrogens (tertiary/aromatic N) is 2. The zero-order valence-corrected chi connectivity index (χ0v) is 11.6. The van der Waals surface area contributed by atoms with Gasteiger partial charge in [-0.15, -0.1) is 0 Å². The molecule has 0 fully saturated rings. The third kappa shape index (κ3) is 2.27. The maximum absolute atomic E-state index is 9.93. The zero-order chi connectivity index (χ0) is 13.9. The predicted molar refractivity (Wildman–Crippen MR) is 80.9 cm³/mol. The van der Waals surface area contributed by atoms with Crippen LogP contribution >= 0.6 is 0 Å². The molecule has 2 aromatic carbocycles. The van der Waals surface area contributed by atoms with Crippen molar-refractivity contribution in [3.63, 3.8) is 0 Å². The molecule has 1 N–H and O–H groups in total. The molecular formula is C17H18N2O. The van der Waals surface area contributed by atoms with E-state index in [2.05, 4.69) is 17.6 Å². The Kier molecular flexibility index (Phi) is 3.42. The van der Waals surface area contributed by atoms with Crippen LogP contribution in [0.15, 0.2) is 48.5 Å². The fourth-order valence-corrected chi connectivity index (χ4v) is 2.56. The molecule has 102 valence electrons. The number of benzene rings is 2. The van der Waals surface area contributed by atoms with Crippen molar-refractivity contribution in [2.24, 2.45) is 0 Å². The lowest BCUT2D eigenvalue weighted by atomic mass is 10.1. The summed E-state index contributed by atoms with van der Waals surface area (Å²) in [7, 11) is 0. The van der Waals surface area contributed by atoms with Gasteiger partial charge in [-0.2, -0.15) is 0 Å². The Morgan fingerprint density at radius 2 is 1.80 bits per heavy atom. The zero-order valence-electron chi connectivity index (χ0n) is 11.6. The van der Waals surface area contributed by atoms with Gasteiger partial charge < -0.3 is 9.67 Å². The Balaban J connectivity index is 2.06. The van der Waals surface area contributed by atoms with E-state index in [1.807, 2.05) is 36.4 Å². The van der Waals surface area contributed by atoms with Gasteiger partial charge in [-0.1, -0.05) is 37.3 Å². The number of para-hydroxylation sites is 3. The molecule has 0 radical (unpaired) electrons. The third-order valence-corrected chi connectivity index (χ3v) is 3.52. The number of aryl methyl sites for hydroxylation is 1. The van der Waals surface area contributed by atoms with Gasteiger partial charge in [0.05, 0.1) is 11.0 Å². The second-order valence-electron chi connectivity index (χ2n) is 4.97. The molecule has 20 heavy (non-hydrogen) atoms. The molecule has 0 atom stereocenters. The quantitative estimate of drug-likeness (QED) is 0.781. The minimum atomic E-state index is 0.336. The van der Waals surface area contributed by atoms with Gasteiger partial charge in [0.15, 0.2) is 0 Å². The molecule has 0 spiro atoms. The molecule has 0 aliphatic heterocycles. The van der Waals surface area contributed by atoms with Crippen molar-refractivity contribution in [2.45, 2.75) is 26.3 Å². The summed E-state index contributed by atoms with van der Waals surface area (Å²) >= 11 is 0. The van der Waals surface area contributed by atoms with Crippen LogP contribution in [0.5, 0.6) is 5.75 Å². The summed E-state index contributed by atoms with van der Waals surface area (Å²) in [5, 5.41) is 9.93. The molecule has 3 aromatic rings. The van der Waals surface area contributed by atoms with Crippen molar-refractivity contribution < 1.29 is 5.11 Å². The summed E-state index contributed by atoms with van der Waals surface area (Å²) in [6.07, 6.45) is 1.72. The standard InChI is InChI=1S/C17H18N2O/c1-2-11-19-15-9-5-4-8-14(15)18-17(19)12-13-7-3-6-10-16(13)20/h3-10,20H,2,11-12H2,1H3. The Hall–Kier alpha value is -2.29. The van der Waals surface area contributed by atoms with Crippen LogP contribution in [0.3, 0.4) is 0 Å². The molecule has 1 heterocycles. The van der Waals surface area contributed by atoms with Crippen LogP contribution in [0, 0.1) is 0 Å². The molecule has 0 bridgehead atoms. The number of phenols is 1. The molecule has 0 saturated heterocycles. The van der Waals surface area contributed by atoms with Crippen LogP contribution in [-0.2, 0) is 13.0 Å². The van der Waals surface area contributed by atoms with Crippen molar-refractivity contribution in [3.8, 4) is 5.75 Å². The second kappa shape index (κ2) is 5.37. The normalized spacial score (nSPS) is 11.1. The number of fused-ring (bicyclic) bond motifs is 1. The predicted octanol–water partition coefficient (Wildman–Crippen LogP) is 3.74. The minimum Gasteiger partial charge on any atom is -0.508 e. The van der Waals surface area contributed by atoms with Crippen molar-refractivity contribution in [2.75, 3.05) is 0 Å². The SMILES string of the molecule is CCCn1c(Cc2ccccc2O)nc2ccccc21. The first kappa shape index (κ1) is 12.7. The van der Waals surface area contributed by atoms with E-state index in [4.69, 9.17) is 4.98 Å². The van der Waals surface area contributed by atoms with Gasteiger partial charge in [0.25, 0.3) is 0 Å². The number of aromatic hydroxyl groups is 1. The van der Waals surface area contributed by atoms with Crippen LogP contribution in [-0.4, -0.2) is 14.7 Å². The molecule has 3 heteroatoms. The summed E-state index contributed by atoms with van der Waals surface area (Å²) < 4.78 is 2.25. The number of hydrogen-bond donors (Lipinski definition) is 1. The summed E-state index contributed by atoms with van der Waals surface area (Å²) in [6, 6.07) is 15.7. The van der Waals surface area contributed by atoms with Crippen LogP contribution in [0.2, 0.25) is 0 Å². The van der Waals surface area contributed by atoms with Gasteiger partial charge in [0, 0.05) is 18.5 Å². The first-order valence-corrected chi connectivity index (χ1v) is 7.00. The summed E-state index contributed by atoms with van der Waals surface area (Å²) in [5.41, 5.74) is 3.10. The lowest BCUT2D eigenvalue weighted by Gasteiger charge is -2.08. The highest BCUT2D eigenvalue weighted by molar-refractivity contribution is 5.76. The first-order chi connectivity index (χ1) is 9.79. The van der Waals surface area contributed by atoms with Gasteiger partial charge in [-0.3, -0.25) is 0 Å². The highest BCUT2D eigenvalue weighted by Gasteiger charge is 2.11. The average Bonchev–Trinajstić information content (AvgIpc) is 2.80. The Morgan fingerprint density at radius 1 is 1.05 bits per heavy atom. The number of imidazole rings is 1. The lowest BCUT2D eigenvalue weighted by molar-refractivity contribution is 0.468. The van der Waals surface area contributed by atoms with Crippen molar-refractivity contribution in [1.29, 1.82) is 0 Å². The van der Waals surface area contributed by atoms with E-state index in [0.717, 1.165) is 29.9 Å². The maximum Gasteiger partial charge on any atom is 0.119 e. The molecule has 3 nitrogen and oxygen atoms in total. The molecule has 0 saturated carbocycles. The van der Waals surface area contributed by atoms with Gasteiger partial charge in [0.1, 0.15) is 11.6 Å². The van der Waals surface area contributed by atoms with Gasteiger partial charge in [-0.05, 0) is 24.6 Å². The largest absolute Gasteiger partial charge is 0.508 e. The molecule has 3 rings (SSSR count). The summed E-state index contributed by atoms with van der Waals surface area (Å²) in [6.45, 7) is 3.11. The maximum atomic E-state index is 9.93. The van der Waals surface area contributed by atoms with Crippen LogP contribution in [0.25, 0.3) is 11.0 Å². The molecule has 0 unspecified atom stereocenters. The summed E-state index contributed by atoms with van der Waals surface area (Å²) in [5.74, 6) is 1.34. The fourth-order valence-electron chi connectivity index (χ4n) is 2.56. The van der Waals surface area contributed by atoms with E-state index in [1.165, 1.54) is 5.52 Å². The topological polar surface area (TPSA) is 38.0 Å². The van der Waals surface area contributed by atoms with Crippen LogP contribution in [0.1, 0.15) is 24.7 Å². The van der Waals surface area contributed by atoms with Crippen LogP contribution < -0.4 is 0 Å². The van der Waals surface area contributed by atoms with Gasteiger partial charge in [-0.25, -0.2) is 4.98 Å². The third-order valence-electron chi connectivity index (χ3n) is 3.52. The number of aromatic nitrogens is 2. The number of phenolic OH excluding ortho intramolecular Hbond substituents is 1. The molecular weight excluding hydrogens is 248 g/mol. The number of rotatable bonds is 4. The van der Waals surface area contributed by atoms with Crippen molar-refractivity contribution in [1.82, 2.24) is 9.55 Å². The highest BCUT2D eigenvalue weighted by atomic mass is 16.3. The lowest BCUT2D eigenvalue weighted by Crippen LogP contribution is -2.04. The molecule has 1 aromatic heterocycles. The van der Waals surface area contributed by atoms with Gasteiger partial charge in [0.2, 0.25) is 0 Å². The summed E-state index contributed by atoms with van der Waals surface area (Å²) in [4.78, 5) is 4.72.